The monoisotopic (exact) mass is 362 g/mol. The zero-order valence-electron chi connectivity index (χ0n) is 16.5. The lowest BCUT2D eigenvalue weighted by Crippen LogP contribution is -2.44. The summed E-state index contributed by atoms with van der Waals surface area (Å²) in [5.41, 5.74) is 1.02. The lowest BCUT2D eigenvalue weighted by molar-refractivity contribution is 0.0576. The number of nitrogens with one attached hydrogen (secondary N) is 2. The van der Waals surface area contributed by atoms with E-state index in [4.69, 9.17) is 4.74 Å². The number of rotatable bonds is 4. The van der Waals surface area contributed by atoms with Crippen molar-refractivity contribution in [3.63, 3.8) is 0 Å². The Hall–Kier alpha value is -2.28. The number of carbonyl (C=O) groups is 2. The molecule has 3 amide bonds. The molecule has 2 N–H and O–H groups in total. The van der Waals surface area contributed by atoms with Gasteiger partial charge in [0.05, 0.1) is 5.56 Å². The van der Waals surface area contributed by atoms with Crippen molar-refractivity contribution in [3.05, 3.63) is 23.8 Å². The van der Waals surface area contributed by atoms with Crippen LogP contribution >= 0.6 is 0 Å². The summed E-state index contributed by atoms with van der Waals surface area (Å²) in [7, 11) is 5.81. The van der Waals surface area contributed by atoms with Crippen LogP contribution in [0.3, 0.4) is 0 Å². The van der Waals surface area contributed by atoms with Crippen LogP contribution in [0.5, 0.6) is 5.75 Å². The number of amides is 3. The Balaban J connectivity index is 2.30. The molecule has 1 heterocycles. The predicted molar refractivity (Wildman–Crippen MR) is 103 cm³/mol. The molecule has 26 heavy (non-hydrogen) atoms. The van der Waals surface area contributed by atoms with Gasteiger partial charge in [-0.2, -0.15) is 0 Å². The van der Waals surface area contributed by atoms with Crippen LogP contribution in [0.1, 0.15) is 31.1 Å². The maximum absolute atomic E-state index is 12.8. The topological polar surface area (TPSA) is 73.9 Å². The molecule has 0 aromatic heterocycles. The van der Waals surface area contributed by atoms with E-state index < -0.39 is 0 Å². The van der Waals surface area contributed by atoms with Crippen molar-refractivity contribution in [2.24, 2.45) is 5.92 Å². The third kappa shape index (κ3) is 5.11. The molecule has 0 fully saturated rings. The molecule has 0 aliphatic carbocycles. The van der Waals surface area contributed by atoms with Gasteiger partial charge in [-0.25, -0.2) is 4.79 Å². The second kappa shape index (κ2) is 8.40. The fraction of sp³-hybridized carbons (Fsp3) is 0.579. The molecule has 1 aliphatic rings. The molecular weight excluding hydrogens is 332 g/mol. The van der Waals surface area contributed by atoms with Gasteiger partial charge in [-0.3, -0.25) is 4.79 Å². The Bertz CT molecular complexity index is 660. The number of benzene rings is 1. The molecule has 2 atom stereocenters. The predicted octanol–water partition coefficient (Wildman–Crippen LogP) is 2.25. The number of anilines is 1. The van der Waals surface area contributed by atoms with E-state index in [2.05, 4.69) is 22.5 Å². The van der Waals surface area contributed by atoms with Crippen LogP contribution in [0.2, 0.25) is 0 Å². The molecule has 1 aromatic rings. The van der Waals surface area contributed by atoms with Gasteiger partial charge in [0.15, 0.2) is 0 Å². The van der Waals surface area contributed by atoms with E-state index in [1.165, 1.54) is 0 Å². The molecular formula is C19H30N4O3. The highest BCUT2D eigenvalue weighted by Crippen LogP contribution is 2.29. The van der Waals surface area contributed by atoms with Gasteiger partial charge in [0.25, 0.3) is 5.91 Å². The molecule has 0 spiro atoms. The highest BCUT2D eigenvalue weighted by atomic mass is 16.5. The molecule has 7 heteroatoms. The SMILES string of the molecule is CC(C)NC(=O)Nc1ccc2c(c1)C(=O)N(C)C[C@H](C)[C@@H](CN(C)C)O2. The second-order valence-corrected chi connectivity index (χ2v) is 7.55. The van der Waals surface area contributed by atoms with E-state index in [0.29, 0.717) is 23.5 Å². The zero-order valence-corrected chi connectivity index (χ0v) is 16.5. The first-order chi connectivity index (χ1) is 12.2. The minimum atomic E-state index is -0.299. The minimum absolute atomic E-state index is 0.0256. The Morgan fingerprint density at radius 3 is 2.69 bits per heavy atom. The third-order valence-electron chi connectivity index (χ3n) is 4.25. The molecule has 0 saturated heterocycles. The summed E-state index contributed by atoms with van der Waals surface area (Å²) in [6.07, 6.45) is -0.0256. The Labute approximate surface area is 155 Å². The number of carbonyl (C=O) groups excluding carboxylic acids is 2. The number of urea groups is 1. The lowest BCUT2D eigenvalue weighted by Gasteiger charge is -2.34. The average molecular weight is 362 g/mol. The molecule has 1 aliphatic heterocycles. The molecule has 0 saturated carbocycles. The summed E-state index contributed by atoms with van der Waals surface area (Å²) in [5, 5.41) is 5.53. The van der Waals surface area contributed by atoms with Crippen LogP contribution in [-0.4, -0.2) is 68.1 Å². The van der Waals surface area contributed by atoms with Gasteiger partial charge in [-0.05, 0) is 46.1 Å². The fourth-order valence-electron chi connectivity index (χ4n) is 3.00. The van der Waals surface area contributed by atoms with E-state index >= 15 is 0 Å². The van der Waals surface area contributed by atoms with Crippen molar-refractivity contribution in [1.82, 2.24) is 15.1 Å². The summed E-state index contributed by atoms with van der Waals surface area (Å²) >= 11 is 0. The first kappa shape index (κ1) is 20.0. The van der Waals surface area contributed by atoms with Gasteiger partial charge < -0.3 is 25.2 Å². The summed E-state index contributed by atoms with van der Waals surface area (Å²) in [6.45, 7) is 7.24. The standard InChI is InChI=1S/C19H30N4O3/c1-12(2)20-19(25)21-14-7-8-16-15(9-14)18(24)23(6)10-13(3)17(26-16)11-22(4)5/h7-9,12-13,17H,10-11H2,1-6H3,(H2,20,21,25)/t13-,17+/m0/s1. The van der Waals surface area contributed by atoms with Crippen molar-refractivity contribution in [2.75, 3.05) is 39.5 Å². The number of likely N-dealkylation sites (N-methyl/N-ethyl adjacent to an activating group) is 1. The number of nitrogens with zero attached hydrogens (tertiary/aromatic N) is 2. The quantitative estimate of drug-likeness (QED) is 0.862. The van der Waals surface area contributed by atoms with Crippen molar-refractivity contribution in [2.45, 2.75) is 32.9 Å². The first-order valence-corrected chi connectivity index (χ1v) is 8.95. The normalized spacial score (nSPS) is 20.3. The number of fused-ring (bicyclic) bond motifs is 1. The molecule has 0 bridgehead atoms. The highest BCUT2D eigenvalue weighted by Gasteiger charge is 2.29. The average Bonchev–Trinajstić information content (AvgIpc) is 2.52. The summed E-state index contributed by atoms with van der Waals surface area (Å²) < 4.78 is 6.19. The second-order valence-electron chi connectivity index (χ2n) is 7.55. The Kier molecular flexibility index (Phi) is 6.47. The number of hydrogen-bond donors (Lipinski definition) is 2. The molecule has 0 radical (unpaired) electrons. The van der Waals surface area contributed by atoms with Crippen LogP contribution in [0, 0.1) is 5.92 Å². The summed E-state index contributed by atoms with van der Waals surface area (Å²) in [6, 6.07) is 4.92. The number of ether oxygens (including phenoxy) is 1. The van der Waals surface area contributed by atoms with Gasteiger partial charge in [0.1, 0.15) is 11.9 Å². The molecule has 144 valence electrons. The minimum Gasteiger partial charge on any atom is -0.488 e. The smallest absolute Gasteiger partial charge is 0.319 e. The van der Waals surface area contributed by atoms with E-state index in [9.17, 15) is 9.59 Å². The van der Waals surface area contributed by atoms with Crippen molar-refractivity contribution in [1.29, 1.82) is 0 Å². The van der Waals surface area contributed by atoms with Crippen molar-refractivity contribution >= 4 is 17.6 Å². The van der Waals surface area contributed by atoms with Gasteiger partial charge >= 0.3 is 6.03 Å². The maximum Gasteiger partial charge on any atom is 0.319 e. The summed E-state index contributed by atoms with van der Waals surface area (Å²) in [5.74, 6) is 0.646. The van der Waals surface area contributed by atoms with Crippen LogP contribution in [0.25, 0.3) is 0 Å². The van der Waals surface area contributed by atoms with Crippen LogP contribution in [0.15, 0.2) is 18.2 Å². The van der Waals surface area contributed by atoms with Crippen molar-refractivity contribution in [3.8, 4) is 5.75 Å². The van der Waals surface area contributed by atoms with Gasteiger partial charge in [-0.15, -0.1) is 0 Å². The fourth-order valence-corrected chi connectivity index (χ4v) is 3.00. The van der Waals surface area contributed by atoms with E-state index in [-0.39, 0.29) is 30.0 Å². The maximum atomic E-state index is 12.8. The molecule has 2 rings (SSSR count). The first-order valence-electron chi connectivity index (χ1n) is 8.95. The molecule has 0 unspecified atom stereocenters. The van der Waals surface area contributed by atoms with Crippen LogP contribution < -0.4 is 15.4 Å². The largest absolute Gasteiger partial charge is 0.488 e. The van der Waals surface area contributed by atoms with Gasteiger partial charge in [0.2, 0.25) is 0 Å². The van der Waals surface area contributed by atoms with Gasteiger partial charge in [-0.1, -0.05) is 6.92 Å². The van der Waals surface area contributed by atoms with Crippen LogP contribution in [0.4, 0.5) is 10.5 Å². The summed E-state index contributed by atoms with van der Waals surface area (Å²) in [4.78, 5) is 28.5. The zero-order chi connectivity index (χ0) is 19.4. The third-order valence-corrected chi connectivity index (χ3v) is 4.25. The Morgan fingerprint density at radius 1 is 1.38 bits per heavy atom. The van der Waals surface area contributed by atoms with E-state index in [1.54, 1.807) is 30.1 Å². The molecule has 1 aromatic carbocycles. The highest BCUT2D eigenvalue weighted by molar-refractivity contribution is 5.99. The number of hydrogen-bond acceptors (Lipinski definition) is 4. The van der Waals surface area contributed by atoms with Crippen LogP contribution in [-0.2, 0) is 0 Å². The molecule has 7 nitrogen and oxygen atoms in total. The van der Waals surface area contributed by atoms with Gasteiger partial charge in [0, 0.05) is 37.8 Å². The Morgan fingerprint density at radius 2 is 2.08 bits per heavy atom. The van der Waals surface area contributed by atoms with E-state index in [1.807, 2.05) is 27.9 Å². The van der Waals surface area contributed by atoms with E-state index in [0.717, 1.165) is 6.54 Å². The van der Waals surface area contributed by atoms with Crippen molar-refractivity contribution < 1.29 is 14.3 Å². The lowest BCUT2D eigenvalue weighted by atomic mass is 10.0.